The summed E-state index contributed by atoms with van der Waals surface area (Å²) in [6, 6.07) is 14.0. The zero-order valence-corrected chi connectivity index (χ0v) is 13.8. The van der Waals surface area contributed by atoms with E-state index in [4.69, 9.17) is 0 Å². The van der Waals surface area contributed by atoms with Gasteiger partial charge >= 0.3 is 0 Å². The van der Waals surface area contributed by atoms with E-state index in [0.717, 1.165) is 36.4 Å². The Hall–Kier alpha value is -1.69. The summed E-state index contributed by atoms with van der Waals surface area (Å²) in [6.07, 6.45) is 1.29. The fraction of sp³-hybridized carbons (Fsp3) is 0.389. The molecular weight excluding hydrogens is 308 g/mol. The molecule has 2 heterocycles. The summed E-state index contributed by atoms with van der Waals surface area (Å²) in [7, 11) is 0. The molecule has 0 bridgehead atoms. The van der Waals surface area contributed by atoms with Crippen molar-refractivity contribution in [3.8, 4) is 0 Å². The molecule has 1 aromatic carbocycles. The third-order valence-electron chi connectivity index (χ3n) is 4.19. The number of thiophene rings is 1. The van der Waals surface area contributed by atoms with E-state index >= 15 is 0 Å². The van der Waals surface area contributed by atoms with Gasteiger partial charge in [-0.1, -0.05) is 36.4 Å². The Morgan fingerprint density at radius 1 is 1.22 bits per heavy atom. The summed E-state index contributed by atoms with van der Waals surface area (Å²) in [5.74, 6) is 0.0312. The van der Waals surface area contributed by atoms with Crippen LogP contribution in [-0.4, -0.2) is 41.7 Å². The van der Waals surface area contributed by atoms with Crippen molar-refractivity contribution < 1.29 is 9.90 Å². The van der Waals surface area contributed by atoms with Crippen molar-refractivity contribution in [2.45, 2.75) is 25.0 Å². The van der Waals surface area contributed by atoms with Gasteiger partial charge in [0.25, 0.3) is 0 Å². The minimum Gasteiger partial charge on any atom is -0.393 e. The molecule has 0 radical (unpaired) electrons. The van der Waals surface area contributed by atoms with E-state index in [2.05, 4.69) is 16.3 Å². The Balaban J connectivity index is 1.65. The Labute approximate surface area is 140 Å². The molecule has 1 aliphatic heterocycles. The van der Waals surface area contributed by atoms with E-state index < -0.39 is 0 Å². The third kappa shape index (κ3) is 4.41. The van der Waals surface area contributed by atoms with Crippen LogP contribution in [0.4, 0.5) is 0 Å². The molecular formula is C18H22N2O2S. The second kappa shape index (κ2) is 7.73. The first-order valence-electron chi connectivity index (χ1n) is 8.00. The van der Waals surface area contributed by atoms with Crippen LogP contribution in [0.1, 0.15) is 29.3 Å². The third-order valence-corrected chi connectivity index (χ3v) is 5.13. The molecule has 1 saturated heterocycles. The summed E-state index contributed by atoms with van der Waals surface area (Å²) >= 11 is 1.65. The van der Waals surface area contributed by atoms with Crippen LogP contribution in [0.3, 0.4) is 0 Å². The second-order valence-electron chi connectivity index (χ2n) is 5.93. The van der Waals surface area contributed by atoms with Crippen LogP contribution >= 0.6 is 11.3 Å². The number of nitrogens with zero attached hydrogens (tertiary/aromatic N) is 1. The number of rotatable bonds is 5. The molecule has 0 aliphatic carbocycles. The summed E-state index contributed by atoms with van der Waals surface area (Å²) in [6.45, 7) is 1.95. The number of carbonyl (C=O) groups excluding carboxylic acids is 1. The van der Waals surface area contributed by atoms with E-state index in [0.29, 0.717) is 6.54 Å². The van der Waals surface area contributed by atoms with Gasteiger partial charge in [0.2, 0.25) is 5.91 Å². The largest absolute Gasteiger partial charge is 0.393 e. The first-order valence-corrected chi connectivity index (χ1v) is 8.88. The molecule has 1 aromatic heterocycles. The molecule has 2 N–H and O–H groups in total. The van der Waals surface area contributed by atoms with Gasteiger partial charge in [0.15, 0.2) is 0 Å². The summed E-state index contributed by atoms with van der Waals surface area (Å²) in [5.41, 5.74) is 1.09. The number of aliphatic hydroxyl groups is 1. The van der Waals surface area contributed by atoms with Crippen LogP contribution in [0, 0.1) is 0 Å². The second-order valence-corrected chi connectivity index (χ2v) is 6.91. The van der Waals surface area contributed by atoms with Crippen LogP contribution in [0.15, 0.2) is 47.8 Å². The first-order chi connectivity index (χ1) is 11.2. The highest BCUT2D eigenvalue weighted by molar-refractivity contribution is 7.10. The van der Waals surface area contributed by atoms with Gasteiger partial charge in [-0.05, 0) is 29.9 Å². The lowest BCUT2D eigenvalue weighted by atomic mass is 10.1. The Kier molecular flexibility index (Phi) is 5.43. The monoisotopic (exact) mass is 330 g/mol. The number of hydrogen-bond acceptors (Lipinski definition) is 4. The SMILES string of the molecule is O=C(CN1CCC(O)CC1)N[C@H](c1ccccc1)c1cccs1. The molecule has 4 nitrogen and oxygen atoms in total. The van der Waals surface area contributed by atoms with Gasteiger partial charge in [-0.15, -0.1) is 11.3 Å². The highest BCUT2D eigenvalue weighted by atomic mass is 32.1. The number of benzene rings is 1. The molecule has 1 atom stereocenters. The van der Waals surface area contributed by atoms with Crippen molar-refractivity contribution in [2.24, 2.45) is 0 Å². The summed E-state index contributed by atoms with van der Waals surface area (Å²) < 4.78 is 0. The van der Waals surface area contributed by atoms with Gasteiger partial charge in [-0.3, -0.25) is 9.69 Å². The zero-order chi connectivity index (χ0) is 16.1. The maximum Gasteiger partial charge on any atom is 0.234 e. The average Bonchev–Trinajstić information content (AvgIpc) is 3.10. The van der Waals surface area contributed by atoms with Crippen LogP contribution in [0.25, 0.3) is 0 Å². The van der Waals surface area contributed by atoms with Crippen molar-refractivity contribution in [1.29, 1.82) is 0 Å². The molecule has 1 aliphatic rings. The number of nitrogens with one attached hydrogen (secondary N) is 1. The fourth-order valence-corrected chi connectivity index (χ4v) is 3.71. The van der Waals surface area contributed by atoms with Crippen LogP contribution in [0.5, 0.6) is 0 Å². The molecule has 5 heteroatoms. The lowest BCUT2D eigenvalue weighted by molar-refractivity contribution is -0.123. The zero-order valence-electron chi connectivity index (χ0n) is 13.0. The number of amides is 1. The van der Waals surface area contributed by atoms with Crippen LogP contribution in [0.2, 0.25) is 0 Å². The van der Waals surface area contributed by atoms with E-state index in [1.807, 2.05) is 41.8 Å². The molecule has 23 heavy (non-hydrogen) atoms. The van der Waals surface area contributed by atoms with Gasteiger partial charge in [0.05, 0.1) is 18.7 Å². The predicted octanol–water partition coefficient (Wildman–Crippen LogP) is 2.41. The maximum atomic E-state index is 12.5. The molecule has 1 amide bonds. The van der Waals surface area contributed by atoms with E-state index in [9.17, 15) is 9.90 Å². The highest BCUT2D eigenvalue weighted by Crippen LogP contribution is 2.25. The highest BCUT2D eigenvalue weighted by Gasteiger charge is 2.22. The van der Waals surface area contributed by atoms with E-state index in [-0.39, 0.29) is 18.1 Å². The number of piperidine rings is 1. The first kappa shape index (κ1) is 16.2. The molecule has 2 aromatic rings. The molecule has 3 rings (SSSR count). The normalized spacial score (nSPS) is 17.8. The van der Waals surface area contributed by atoms with Gasteiger partial charge in [-0.2, -0.15) is 0 Å². The summed E-state index contributed by atoms with van der Waals surface area (Å²) in [4.78, 5) is 15.7. The lowest BCUT2D eigenvalue weighted by Gasteiger charge is -2.29. The van der Waals surface area contributed by atoms with Gasteiger partial charge in [0.1, 0.15) is 0 Å². The maximum absolute atomic E-state index is 12.5. The minimum atomic E-state index is -0.211. The van der Waals surface area contributed by atoms with Crippen molar-refractivity contribution in [3.05, 3.63) is 58.3 Å². The van der Waals surface area contributed by atoms with Crippen molar-refractivity contribution >= 4 is 17.2 Å². The molecule has 1 fully saturated rings. The number of likely N-dealkylation sites (tertiary alicyclic amines) is 1. The fourth-order valence-electron chi connectivity index (χ4n) is 2.91. The molecule has 0 saturated carbocycles. The lowest BCUT2D eigenvalue weighted by Crippen LogP contribution is -2.43. The van der Waals surface area contributed by atoms with Gasteiger partial charge < -0.3 is 10.4 Å². The minimum absolute atomic E-state index is 0.0312. The smallest absolute Gasteiger partial charge is 0.234 e. The Bertz CT molecular complexity index is 607. The van der Waals surface area contributed by atoms with Crippen LogP contribution < -0.4 is 5.32 Å². The quantitative estimate of drug-likeness (QED) is 0.885. The number of carbonyl (C=O) groups is 1. The summed E-state index contributed by atoms with van der Waals surface area (Å²) in [5, 5.41) is 14.7. The van der Waals surface area contributed by atoms with Crippen molar-refractivity contribution in [2.75, 3.05) is 19.6 Å². The van der Waals surface area contributed by atoms with Gasteiger partial charge in [-0.25, -0.2) is 0 Å². The van der Waals surface area contributed by atoms with E-state index in [1.165, 1.54) is 0 Å². The predicted molar refractivity (Wildman–Crippen MR) is 92.4 cm³/mol. The molecule has 122 valence electrons. The number of aliphatic hydroxyl groups excluding tert-OH is 1. The molecule has 0 spiro atoms. The van der Waals surface area contributed by atoms with Crippen molar-refractivity contribution in [3.63, 3.8) is 0 Å². The standard InChI is InChI=1S/C18H22N2O2S/c21-15-8-10-20(11-9-15)13-17(22)19-18(16-7-4-12-23-16)14-5-2-1-3-6-14/h1-7,12,15,18,21H,8-11,13H2,(H,19,22)/t18-/m1/s1. The van der Waals surface area contributed by atoms with E-state index in [1.54, 1.807) is 11.3 Å². The Morgan fingerprint density at radius 3 is 2.61 bits per heavy atom. The molecule has 0 unspecified atom stereocenters. The van der Waals surface area contributed by atoms with Gasteiger partial charge in [0, 0.05) is 18.0 Å². The topological polar surface area (TPSA) is 52.6 Å². The Morgan fingerprint density at radius 2 is 1.96 bits per heavy atom. The van der Waals surface area contributed by atoms with Crippen molar-refractivity contribution in [1.82, 2.24) is 10.2 Å². The van der Waals surface area contributed by atoms with Crippen LogP contribution in [-0.2, 0) is 4.79 Å². The number of hydrogen-bond donors (Lipinski definition) is 2. The average molecular weight is 330 g/mol.